The number of carbonyl (C=O) groups is 3. The zero-order valence-corrected chi connectivity index (χ0v) is 20.2. The number of hydrogen-bond acceptors (Lipinski definition) is 4. The van der Waals surface area contributed by atoms with Gasteiger partial charge >= 0.3 is 0 Å². The second kappa shape index (κ2) is 13.1. The molecule has 2 rings (SSSR count). The van der Waals surface area contributed by atoms with Crippen molar-refractivity contribution in [2.24, 2.45) is 5.92 Å². The molecule has 32 heavy (non-hydrogen) atoms. The molecule has 0 saturated heterocycles. The lowest BCUT2D eigenvalue weighted by molar-refractivity contribution is -0.123. The Balaban J connectivity index is 1.99. The summed E-state index contributed by atoms with van der Waals surface area (Å²) in [5.41, 5.74) is 1.87. The van der Waals surface area contributed by atoms with Gasteiger partial charge in [-0.15, -0.1) is 0 Å². The molecule has 1 atom stereocenters. The molecule has 0 heterocycles. The lowest BCUT2D eigenvalue weighted by atomic mass is 10.1. The van der Waals surface area contributed by atoms with Gasteiger partial charge in [0.2, 0.25) is 11.8 Å². The van der Waals surface area contributed by atoms with E-state index in [-0.39, 0.29) is 30.2 Å². The Bertz CT molecular complexity index is 936. The van der Waals surface area contributed by atoms with E-state index in [1.807, 2.05) is 44.4 Å². The van der Waals surface area contributed by atoms with Gasteiger partial charge in [-0.05, 0) is 54.2 Å². The number of rotatable bonds is 11. The van der Waals surface area contributed by atoms with Gasteiger partial charge in [-0.25, -0.2) is 0 Å². The highest BCUT2D eigenvalue weighted by atomic mass is 35.5. The van der Waals surface area contributed by atoms with Gasteiger partial charge in [0.25, 0.3) is 5.91 Å². The lowest BCUT2D eigenvalue weighted by Crippen LogP contribution is -2.47. The number of halogens is 1. The molecule has 2 aromatic carbocycles. The minimum Gasteiger partial charge on any atom is -0.350 e. The normalized spacial score (nSPS) is 11.7. The Morgan fingerprint density at radius 3 is 2.50 bits per heavy atom. The Morgan fingerprint density at radius 1 is 1.06 bits per heavy atom. The number of benzene rings is 2. The minimum atomic E-state index is -0.680. The fraction of sp³-hybridized carbons (Fsp3) is 0.375. The van der Waals surface area contributed by atoms with E-state index in [9.17, 15) is 14.4 Å². The number of amides is 3. The van der Waals surface area contributed by atoms with Crippen LogP contribution in [0.4, 0.5) is 5.69 Å². The van der Waals surface area contributed by atoms with Crippen LogP contribution in [0.2, 0.25) is 5.02 Å². The highest BCUT2D eigenvalue weighted by molar-refractivity contribution is 7.98. The van der Waals surface area contributed by atoms with Crippen LogP contribution in [-0.2, 0) is 16.1 Å². The summed E-state index contributed by atoms with van der Waals surface area (Å²) in [4.78, 5) is 37.4. The molecule has 1 unspecified atom stereocenters. The SMILES string of the molecule is CSCCC(NC(=O)c1ccccc1Cl)C(=O)NCc1cccc(NC(=O)CC(C)C)c1. The third kappa shape index (κ3) is 8.55. The number of anilines is 1. The van der Waals surface area contributed by atoms with Gasteiger partial charge in [0, 0.05) is 18.7 Å². The summed E-state index contributed by atoms with van der Waals surface area (Å²) in [7, 11) is 0. The van der Waals surface area contributed by atoms with E-state index in [0.717, 1.165) is 11.3 Å². The number of hydrogen-bond donors (Lipinski definition) is 3. The number of carbonyl (C=O) groups excluding carboxylic acids is 3. The number of thioether (sulfide) groups is 1. The first-order valence-electron chi connectivity index (χ1n) is 10.5. The Morgan fingerprint density at radius 2 is 1.81 bits per heavy atom. The Kier molecular flexibility index (Phi) is 10.6. The molecule has 3 amide bonds. The van der Waals surface area contributed by atoms with Crippen LogP contribution >= 0.6 is 23.4 Å². The van der Waals surface area contributed by atoms with Gasteiger partial charge in [-0.3, -0.25) is 14.4 Å². The maximum absolute atomic E-state index is 12.8. The molecule has 0 aromatic heterocycles. The van der Waals surface area contributed by atoms with E-state index in [1.165, 1.54) is 0 Å². The van der Waals surface area contributed by atoms with Gasteiger partial charge in [0.05, 0.1) is 10.6 Å². The van der Waals surface area contributed by atoms with Gasteiger partial charge in [0.1, 0.15) is 6.04 Å². The molecule has 8 heteroatoms. The third-order valence-corrected chi connectivity index (χ3v) is 5.60. The summed E-state index contributed by atoms with van der Waals surface area (Å²) in [6.07, 6.45) is 2.89. The second-order valence-corrected chi connectivity index (χ2v) is 9.24. The zero-order chi connectivity index (χ0) is 23.5. The van der Waals surface area contributed by atoms with Crippen LogP contribution in [0.15, 0.2) is 48.5 Å². The first kappa shape index (κ1) is 25.7. The fourth-order valence-electron chi connectivity index (χ4n) is 3.04. The molecule has 0 aliphatic rings. The Hall–Kier alpha value is -2.51. The quantitative estimate of drug-likeness (QED) is 0.446. The van der Waals surface area contributed by atoms with Crippen molar-refractivity contribution in [3.8, 4) is 0 Å². The topological polar surface area (TPSA) is 87.3 Å². The maximum atomic E-state index is 12.8. The van der Waals surface area contributed by atoms with E-state index in [2.05, 4.69) is 16.0 Å². The van der Waals surface area contributed by atoms with Crippen molar-refractivity contribution >= 4 is 46.8 Å². The van der Waals surface area contributed by atoms with E-state index in [1.54, 1.807) is 36.0 Å². The van der Waals surface area contributed by atoms with Crippen LogP contribution in [0, 0.1) is 5.92 Å². The van der Waals surface area contributed by atoms with Gasteiger partial charge in [-0.2, -0.15) is 11.8 Å². The molecule has 3 N–H and O–H groups in total. The van der Waals surface area contributed by atoms with Crippen molar-refractivity contribution in [1.82, 2.24) is 10.6 Å². The maximum Gasteiger partial charge on any atom is 0.253 e. The summed E-state index contributed by atoms with van der Waals surface area (Å²) in [6, 6.07) is 13.4. The average Bonchev–Trinajstić information content (AvgIpc) is 2.74. The smallest absolute Gasteiger partial charge is 0.253 e. The molecule has 0 aliphatic heterocycles. The van der Waals surface area contributed by atoms with E-state index in [4.69, 9.17) is 11.6 Å². The molecule has 2 aromatic rings. The first-order valence-corrected chi connectivity index (χ1v) is 12.3. The van der Waals surface area contributed by atoms with Crippen molar-refractivity contribution in [1.29, 1.82) is 0 Å². The van der Waals surface area contributed by atoms with Crippen LogP contribution in [-0.4, -0.2) is 35.8 Å². The summed E-state index contributed by atoms with van der Waals surface area (Å²) in [5.74, 6) is 0.302. The lowest BCUT2D eigenvalue weighted by Gasteiger charge is -2.19. The van der Waals surface area contributed by atoms with Crippen LogP contribution in [0.5, 0.6) is 0 Å². The Labute approximate surface area is 198 Å². The van der Waals surface area contributed by atoms with Crippen molar-refractivity contribution in [3.05, 3.63) is 64.7 Å². The van der Waals surface area contributed by atoms with E-state index < -0.39 is 6.04 Å². The van der Waals surface area contributed by atoms with Gasteiger partial charge in [0.15, 0.2) is 0 Å². The van der Waals surface area contributed by atoms with Crippen molar-refractivity contribution in [3.63, 3.8) is 0 Å². The first-order chi connectivity index (χ1) is 15.3. The van der Waals surface area contributed by atoms with Gasteiger partial charge in [-0.1, -0.05) is 49.7 Å². The predicted molar refractivity (Wildman–Crippen MR) is 132 cm³/mol. The third-order valence-electron chi connectivity index (χ3n) is 4.62. The predicted octanol–water partition coefficient (Wildman–Crippen LogP) is 4.49. The monoisotopic (exact) mass is 475 g/mol. The fourth-order valence-corrected chi connectivity index (χ4v) is 3.73. The largest absolute Gasteiger partial charge is 0.350 e. The standard InChI is InChI=1S/C24H30ClN3O3S/c1-16(2)13-22(29)27-18-8-6-7-17(14-18)15-26-24(31)21(11-12-32-3)28-23(30)19-9-4-5-10-20(19)25/h4-10,14,16,21H,11-13,15H2,1-3H3,(H,26,31)(H,27,29)(H,28,30). The molecule has 0 radical (unpaired) electrons. The molecule has 172 valence electrons. The van der Waals surface area contributed by atoms with Crippen LogP contribution in [0.25, 0.3) is 0 Å². The van der Waals surface area contributed by atoms with Crippen molar-refractivity contribution in [2.45, 2.75) is 39.3 Å². The highest BCUT2D eigenvalue weighted by Gasteiger charge is 2.22. The molecule has 0 spiro atoms. The zero-order valence-electron chi connectivity index (χ0n) is 18.6. The summed E-state index contributed by atoms with van der Waals surface area (Å²) in [6.45, 7) is 4.26. The summed E-state index contributed by atoms with van der Waals surface area (Å²) in [5, 5.41) is 8.89. The molecule has 0 saturated carbocycles. The van der Waals surface area contributed by atoms with Crippen LogP contribution in [0.3, 0.4) is 0 Å². The minimum absolute atomic E-state index is 0.0411. The molecular formula is C24H30ClN3O3S. The average molecular weight is 476 g/mol. The molecule has 0 aliphatic carbocycles. The number of nitrogens with one attached hydrogen (secondary N) is 3. The van der Waals surface area contributed by atoms with Crippen LogP contribution in [0.1, 0.15) is 42.6 Å². The van der Waals surface area contributed by atoms with E-state index >= 15 is 0 Å². The molecule has 6 nitrogen and oxygen atoms in total. The molecule has 0 bridgehead atoms. The summed E-state index contributed by atoms with van der Waals surface area (Å²) < 4.78 is 0. The summed E-state index contributed by atoms with van der Waals surface area (Å²) >= 11 is 7.71. The van der Waals surface area contributed by atoms with Crippen molar-refractivity contribution < 1.29 is 14.4 Å². The van der Waals surface area contributed by atoms with Crippen molar-refractivity contribution in [2.75, 3.05) is 17.3 Å². The second-order valence-electron chi connectivity index (χ2n) is 7.85. The van der Waals surface area contributed by atoms with Gasteiger partial charge < -0.3 is 16.0 Å². The molecule has 0 fully saturated rings. The highest BCUT2D eigenvalue weighted by Crippen LogP contribution is 2.16. The van der Waals surface area contributed by atoms with E-state index in [0.29, 0.717) is 29.1 Å². The van der Waals surface area contributed by atoms with Crippen LogP contribution < -0.4 is 16.0 Å². The molecular weight excluding hydrogens is 446 g/mol.